The minimum Gasteiger partial charge on any atom is -0.491 e. The third-order valence-electron chi connectivity index (χ3n) is 2.33. The van der Waals surface area contributed by atoms with E-state index in [-0.39, 0.29) is 10.7 Å². The average molecular weight is 297 g/mol. The summed E-state index contributed by atoms with van der Waals surface area (Å²) >= 11 is 1.63. The van der Waals surface area contributed by atoms with Crippen LogP contribution in [0.1, 0.15) is 20.8 Å². The molecule has 1 aromatic carbocycles. The molecular weight excluding hydrogens is 274 g/mol. The fraction of sp³-hybridized carbons (Fsp3) is 0.533. The summed E-state index contributed by atoms with van der Waals surface area (Å²) in [5.74, 6) is 1.23. The van der Waals surface area contributed by atoms with Crippen LogP contribution in [-0.4, -0.2) is 36.7 Å². The van der Waals surface area contributed by atoms with E-state index < -0.39 is 0 Å². The summed E-state index contributed by atoms with van der Waals surface area (Å²) in [5.41, 5.74) is 0.781. The van der Waals surface area contributed by atoms with Gasteiger partial charge >= 0.3 is 0 Å². The molecule has 0 spiro atoms. The van der Waals surface area contributed by atoms with Crippen molar-refractivity contribution in [3.05, 3.63) is 24.3 Å². The number of hydrogen-bond donors (Lipinski definition) is 1. The lowest BCUT2D eigenvalue weighted by Gasteiger charge is -2.17. The normalized spacial score (nSPS) is 11.2. The monoisotopic (exact) mass is 297 g/mol. The Morgan fingerprint density at radius 2 is 1.85 bits per heavy atom. The standard InChI is InChI=1S/C15H23NO3S/c1-15(2,3)20-11-14(17)16-12-5-7-13(8-6-12)19-10-9-18-4/h5-8H,9-11H2,1-4H3,(H,16,17). The molecule has 0 aromatic heterocycles. The van der Waals surface area contributed by atoms with Gasteiger partial charge in [-0.05, 0) is 24.3 Å². The highest BCUT2D eigenvalue weighted by atomic mass is 32.2. The Kier molecular flexibility index (Phi) is 6.88. The molecular formula is C15H23NO3S. The smallest absolute Gasteiger partial charge is 0.234 e. The van der Waals surface area contributed by atoms with Gasteiger partial charge in [0, 0.05) is 17.5 Å². The van der Waals surface area contributed by atoms with E-state index >= 15 is 0 Å². The van der Waals surface area contributed by atoms with Gasteiger partial charge in [-0.2, -0.15) is 0 Å². The maximum Gasteiger partial charge on any atom is 0.234 e. The molecule has 0 bridgehead atoms. The maximum atomic E-state index is 11.8. The molecule has 112 valence electrons. The maximum absolute atomic E-state index is 11.8. The van der Waals surface area contributed by atoms with Gasteiger partial charge in [0.25, 0.3) is 0 Å². The van der Waals surface area contributed by atoms with Gasteiger partial charge in [-0.3, -0.25) is 4.79 Å². The van der Waals surface area contributed by atoms with E-state index in [1.165, 1.54) is 0 Å². The largest absolute Gasteiger partial charge is 0.491 e. The number of ether oxygens (including phenoxy) is 2. The predicted octanol–water partition coefficient (Wildman–Crippen LogP) is 3.18. The van der Waals surface area contributed by atoms with Gasteiger partial charge in [0.2, 0.25) is 5.91 Å². The Labute approximate surface area is 125 Å². The van der Waals surface area contributed by atoms with E-state index in [1.54, 1.807) is 18.9 Å². The first-order valence-corrected chi connectivity index (χ1v) is 7.55. The topological polar surface area (TPSA) is 47.6 Å². The Morgan fingerprint density at radius 3 is 2.40 bits per heavy atom. The molecule has 5 heteroatoms. The molecule has 0 unspecified atom stereocenters. The first kappa shape index (κ1) is 16.9. The summed E-state index contributed by atoms with van der Waals surface area (Å²) in [6.07, 6.45) is 0. The minimum absolute atomic E-state index is 0.0120. The predicted molar refractivity (Wildman–Crippen MR) is 84.7 cm³/mol. The van der Waals surface area contributed by atoms with Gasteiger partial charge in [0.1, 0.15) is 12.4 Å². The van der Waals surface area contributed by atoms with Crippen molar-refractivity contribution in [2.24, 2.45) is 0 Å². The Hall–Kier alpha value is -1.20. The van der Waals surface area contributed by atoms with Crippen LogP contribution in [-0.2, 0) is 9.53 Å². The van der Waals surface area contributed by atoms with Crippen LogP contribution < -0.4 is 10.1 Å². The number of carbonyl (C=O) groups excluding carboxylic acids is 1. The van der Waals surface area contributed by atoms with E-state index in [0.29, 0.717) is 19.0 Å². The summed E-state index contributed by atoms with van der Waals surface area (Å²) in [4.78, 5) is 11.8. The van der Waals surface area contributed by atoms with Crippen LogP contribution in [0.3, 0.4) is 0 Å². The number of hydrogen-bond acceptors (Lipinski definition) is 4. The summed E-state index contributed by atoms with van der Waals surface area (Å²) in [6, 6.07) is 7.34. The zero-order valence-electron chi connectivity index (χ0n) is 12.6. The first-order chi connectivity index (χ1) is 9.40. The van der Waals surface area contributed by atoms with Crippen LogP contribution in [0.15, 0.2) is 24.3 Å². The summed E-state index contributed by atoms with van der Waals surface area (Å²) in [7, 11) is 1.64. The highest BCUT2D eigenvalue weighted by molar-refractivity contribution is 8.01. The second-order valence-corrected chi connectivity index (χ2v) is 7.12. The molecule has 1 amide bonds. The molecule has 20 heavy (non-hydrogen) atoms. The molecule has 0 radical (unpaired) electrons. The van der Waals surface area contributed by atoms with Crippen molar-refractivity contribution in [2.45, 2.75) is 25.5 Å². The number of carbonyl (C=O) groups is 1. The minimum atomic E-state index is 0.0120. The zero-order chi connectivity index (χ0) is 15.0. The quantitative estimate of drug-likeness (QED) is 0.785. The van der Waals surface area contributed by atoms with Crippen LogP contribution >= 0.6 is 11.8 Å². The fourth-order valence-corrected chi connectivity index (χ4v) is 1.99. The highest BCUT2D eigenvalue weighted by Crippen LogP contribution is 2.23. The van der Waals surface area contributed by atoms with Crippen molar-refractivity contribution in [1.82, 2.24) is 0 Å². The summed E-state index contributed by atoms with van der Waals surface area (Å²) in [6.45, 7) is 7.36. The van der Waals surface area contributed by atoms with Gasteiger partial charge in [0.15, 0.2) is 0 Å². The van der Waals surface area contributed by atoms with Crippen LogP contribution in [0.25, 0.3) is 0 Å². The molecule has 1 aromatic rings. The van der Waals surface area contributed by atoms with Crippen molar-refractivity contribution in [1.29, 1.82) is 0 Å². The molecule has 0 atom stereocenters. The van der Waals surface area contributed by atoms with Crippen LogP contribution in [0.2, 0.25) is 0 Å². The lowest BCUT2D eigenvalue weighted by Crippen LogP contribution is -2.18. The molecule has 4 nitrogen and oxygen atoms in total. The Bertz CT molecular complexity index is 412. The third-order valence-corrected chi connectivity index (χ3v) is 3.60. The van der Waals surface area contributed by atoms with Crippen LogP contribution in [0.5, 0.6) is 5.75 Å². The fourth-order valence-electron chi connectivity index (χ4n) is 1.36. The Morgan fingerprint density at radius 1 is 1.20 bits per heavy atom. The number of thioether (sulfide) groups is 1. The van der Waals surface area contributed by atoms with E-state index in [4.69, 9.17) is 9.47 Å². The molecule has 0 aliphatic carbocycles. The molecule has 0 saturated carbocycles. The molecule has 1 N–H and O–H groups in total. The number of amides is 1. The van der Waals surface area contributed by atoms with Gasteiger partial charge < -0.3 is 14.8 Å². The molecule has 0 aliphatic rings. The van der Waals surface area contributed by atoms with Crippen molar-refractivity contribution in [2.75, 3.05) is 31.4 Å². The first-order valence-electron chi connectivity index (χ1n) is 6.56. The number of benzene rings is 1. The lowest BCUT2D eigenvalue weighted by atomic mass is 10.3. The van der Waals surface area contributed by atoms with E-state index in [1.807, 2.05) is 24.3 Å². The van der Waals surface area contributed by atoms with Gasteiger partial charge in [-0.15, -0.1) is 11.8 Å². The molecule has 0 saturated heterocycles. The van der Waals surface area contributed by atoms with E-state index in [2.05, 4.69) is 26.1 Å². The van der Waals surface area contributed by atoms with Crippen LogP contribution in [0, 0.1) is 0 Å². The summed E-state index contributed by atoms with van der Waals surface area (Å²) < 4.78 is 10.5. The molecule has 0 heterocycles. The van der Waals surface area contributed by atoms with Crippen molar-refractivity contribution < 1.29 is 14.3 Å². The number of nitrogens with one attached hydrogen (secondary N) is 1. The van der Waals surface area contributed by atoms with Gasteiger partial charge in [0.05, 0.1) is 12.4 Å². The van der Waals surface area contributed by atoms with Crippen molar-refractivity contribution >= 4 is 23.4 Å². The van der Waals surface area contributed by atoms with Crippen molar-refractivity contribution in [3.63, 3.8) is 0 Å². The second kappa shape index (κ2) is 8.17. The second-order valence-electron chi connectivity index (χ2n) is 5.31. The highest BCUT2D eigenvalue weighted by Gasteiger charge is 2.13. The SMILES string of the molecule is COCCOc1ccc(NC(=O)CSC(C)(C)C)cc1. The number of anilines is 1. The van der Waals surface area contributed by atoms with E-state index in [0.717, 1.165) is 11.4 Å². The van der Waals surface area contributed by atoms with Crippen LogP contribution in [0.4, 0.5) is 5.69 Å². The number of rotatable bonds is 7. The molecule has 0 fully saturated rings. The average Bonchev–Trinajstić information content (AvgIpc) is 2.38. The lowest BCUT2D eigenvalue weighted by molar-refractivity contribution is -0.113. The summed E-state index contributed by atoms with van der Waals surface area (Å²) in [5, 5.41) is 2.87. The molecule has 1 rings (SSSR count). The number of methoxy groups -OCH3 is 1. The Balaban J connectivity index is 2.39. The molecule has 0 aliphatic heterocycles. The van der Waals surface area contributed by atoms with Crippen molar-refractivity contribution in [3.8, 4) is 5.75 Å². The van der Waals surface area contributed by atoms with Gasteiger partial charge in [-0.1, -0.05) is 20.8 Å². The van der Waals surface area contributed by atoms with E-state index in [9.17, 15) is 4.79 Å². The zero-order valence-corrected chi connectivity index (χ0v) is 13.4. The third kappa shape index (κ3) is 7.40. The van der Waals surface area contributed by atoms with Gasteiger partial charge in [-0.25, -0.2) is 0 Å².